The van der Waals surface area contributed by atoms with Crippen LogP contribution in [0.1, 0.15) is 33.6 Å². The van der Waals surface area contributed by atoms with Crippen molar-refractivity contribution in [3.8, 4) is 0 Å². The summed E-state index contributed by atoms with van der Waals surface area (Å²) in [6.07, 6.45) is 6.84. The van der Waals surface area contributed by atoms with E-state index >= 15 is 0 Å². The minimum absolute atomic E-state index is 0.713. The van der Waals surface area contributed by atoms with Gasteiger partial charge < -0.3 is 11.1 Å². The van der Waals surface area contributed by atoms with E-state index in [2.05, 4.69) is 38.2 Å². The Morgan fingerprint density at radius 2 is 1.93 bits per heavy atom. The van der Waals surface area contributed by atoms with Crippen LogP contribution in [0.25, 0.3) is 0 Å². The third kappa shape index (κ3) is 9.49. The lowest BCUT2D eigenvalue weighted by atomic mass is 10.1. The Morgan fingerprint density at radius 3 is 2.50 bits per heavy atom. The van der Waals surface area contributed by atoms with Crippen LogP contribution in [-0.4, -0.2) is 19.6 Å². The Hall–Kier alpha value is -0.600. The molecule has 0 amide bonds. The van der Waals surface area contributed by atoms with Crippen molar-refractivity contribution in [3.63, 3.8) is 0 Å². The highest BCUT2D eigenvalue weighted by Crippen LogP contribution is 2.05. The van der Waals surface area contributed by atoms with Crippen molar-refractivity contribution in [1.82, 2.24) is 5.32 Å². The maximum Gasteiger partial charge on any atom is 0.0137 e. The topological polar surface area (TPSA) is 38.0 Å². The van der Waals surface area contributed by atoms with Crippen LogP contribution < -0.4 is 11.1 Å². The summed E-state index contributed by atoms with van der Waals surface area (Å²) < 4.78 is 0. The molecule has 0 aliphatic carbocycles. The molecule has 0 bridgehead atoms. The van der Waals surface area contributed by atoms with Gasteiger partial charge in [-0.15, -0.1) is 0 Å². The van der Waals surface area contributed by atoms with Crippen molar-refractivity contribution in [1.29, 1.82) is 0 Å². The van der Waals surface area contributed by atoms with Gasteiger partial charge in [-0.2, -0.15) is 0 Å². The Morgan fingerprint density at radius 1 is 1.21 bits per heavy atom. The summed E-state index contributed by atoms with van der Waals surface area (Å²) >= 11 is 0. The summed E-state index contributed by atoms with van der Waals surface area (Å²) in [4.78, 5) is 0. The molecule has 0 fully saturated rings. The van der Waals surface area contributed by atoms with E-state index in [0.717, 1.165) is 25.9 Å². The average molecular weight is 196 g/mol. The van der Waals surface area contributed by atoms with Crippen LogP contribution in [0.5, 0.6) is 0 Å². The molecule has 2 heteroatoms. The smallest absolute Gasteiger partial charge is 0.0137 e. The van der Waals surface area contributed by atoms with Gasteiger partial charge in [-0.3, -0.25) is 0 Å². The second-order valence-corrected chi connectivity index (χ2v) is 3.86. The second kappa shape index (κ2) is 8.97. The quantitative estimate of drug-likeness (QED) is 0.484. The van der Waals surface area contributed by atoms with E-state index in [0.29, 0.717) is 6.54 Å². The minimum Gasteiger partial charge on any atom is -0.329 e. The first-order valence-corrected chi connectivity index (χ1v) is 5.36. The van der Waals surface area contributed by atoms with Gasteiger partial charge in [0.25, 0.3) is 0 Å². The first-order valence-electron chi connectivity index (χ1n) is 5.36. The highest BCUT2D eigenvalue weighted by atomic mass is 14.9. The van der Waals surface area contributed by atoms with E-state index in [1.807, 2.05) is 0 Å². The molecule has 0 aliphatic heterocycles. The van der Waals surface area contributed by atoms with E-state index in [1.54, 1.807) is 0 Å². The van der Waals surface area contributed by atoms with Crippen molar-refractivity contribution >= 4 is 0 Å². The van der Waals surface area contributed by atoms with Crippen LogP contribution in [0.3, 0.4) is 0 Å². The first-order chi connectivity index (χ1) is 6.66. The number of hydrogen-bond donors (Lipinski definition) is 2. The number of hydrogen-bond acceptors (Lipinski definition) is 2. The summed E-state index contributed by atoms with van der Waals surface area (Å²) in [5.41, 5.74) is 8.22. The summed E-state index contributed by atoms with van der Waals surface area (Å²) in [7, 11) is 0. The largest absolute Gasteiger partial charge is 0.329 e. The molecule has 0 aliphatic rings. The summed E-state index contributed by atoms with van der Waals surface area (Å²) in [6.45, 7) is 9.02. The molecule has 2 nitrogen and oxygen atoms in total. The van der Waals surface area contributed by atoms with Crippen LogP contribution in [-0.2, 0) is 0 Å². The molecular formula is C12H24N2. The van der Waals surface area contributed by atoms with E-state index in [9.17, 15) is 0 Å². The minimum atomic E-state index is 0.713. The van der Waals surface area contributed by atoms with Crippen molar-refractivity contribution in [3.05, 3.63) is 23.3 Å². The second-order valence-electron chi connectivity index (χ2n) is 3.86. The maximum atomic E-state index is 5.37. The van der Waals surface area contributed by atoms with Crippen LogP contribution in [0, 0.1) is 0 Å². The lowest BCUT2D eigenvalue weighted by molar-refractivity contribution is 0.748. The van der Waals surface area contributed by atoms with Gasteiger partial charge >= 0.3 is 0 Å². The molecule has 0 radical (unpaired) electrons. The molecule has 0 heterocycles. The zero-order valence-corrected chi connectivity index (χ0v) is 9.77. The van der Waals surface area contributed by atoms with Crippen molar-refractivity contribution in [2.75, 3.05) is 19.6 Å². The van der Waals surface area contributed by atoms with Crippen LogP contribution in [0.4, 0.5) is 0 Å². The molecule has 0 unspecified atom stereocenters. The zero-order chi connectivity index (χ0) is 10.8. The maximum absolute atomic E-state index is 5.37. The lowest BCUT2D eigenvalue weighted by Crippen LogP contribution is -2.22. The average Bonchev–Trinajstić information content (AvgIpc) is 2.12. The van der Waals surface area contributed by atoms with E-state index in [-0.39, 0.29) is 0 Å². The molecule has 0 saturated heterocycles. The third-order valence-electron chi connectivity index (χ3n) is 2.01. The highest BCUT2D eigenvalue weighted by molar-refractivity contribution is 5.02. The van der Waals surface area contributed by atoms with E-state index in [4.69, 9.17) is 5.73 Å². The number of nitrogens with two attached hydrogens (primary N) is 1. The summed E-state index contributed by atoms with van der Waals surface area (Å²) in [5.74, 6) is 0. The van der Waals surface area contributed by atoms with Crippen LogP contribution >= 0.6 is 0 Å². The zero-order valence-electron chi connectivity index (χ0n) is 9.77. The Balaban J connectivity index is 3.52. The number of allylic oxidation sites excluding steroid dienone is 3. The molecule has 82 valence electrons. The molecule has 0 aromatic carbocycles. The molecule has 0 spiro atoms. The van der Waals surface area contributed by atoms with Gasteiger partial charge in [-0.1, -0.05) is 23.3 Å². The van der Waals surface area contributed by atoms with E-state index in [1.165, 1.54) is 11.1 Å². The molecule has 0 aromatic heterocycles. The van der Waals surface area contributed by atoms with Crippen molar-refractivity contribution in [2.24, 2.45) is 5.73 Å². The molecule has 0 atom stereocenters. The molecule has 3 N–H and O–H groups in total. The van der Waals surface area contributed by atoms with Crippen LogP contribution in [0.15, 0.2) is 23.3 Å². The van der Waals surface area contributed by atoms with Gasteiger partial charge in [-0.05, 0) is 33.6 Å². The normalized spacial score (nSPS) is 11.6. The number of nitrogens with one attached hydrogen (secondary N) is 1. The third-order valence-corrected chi connectivity index (χ3v) is 2.01. The van der Waals surface area contributed by atoms with Gasteiger partial charge in [-0.25, -0.2) is 0 Å². The molecule has 0 saturated carbocycles. The monoisotopic (exact) mass is 196 g/mol. The fraction of sp³-hybridized carbons (Fsp3) is 0.667. The van der Waals surface area contributed by atoms with Gasteiger partial charge in [0.15, 0.2) is 0 Å². The van der Waals surface area contributed by atoms with Gasteiger partial charge in [0.2, 0.25) is 0 Å². The molecule has 14 heavy (non-hydrogen) atoms. The predicted octanol–water partition coefficient (Wildman–Crippen LogP) is 2.23. The predicted molar refractivity (Wildman–Crippen MR) is 64.3 cm³/mol. The van der Waals surface area contributed by atoms with Gasteiger partial charge in [0.05, 0.1) is 0 Å². The molecule has 0 rings (SSSR count). The number of rotatable bonds is 7. The van der Waals surface area contributed by atoms with Crippen LogP contribution in [0.2, 0.25) is 0 Å². The standard InChI is InChI=1S/C12H24N2/c1-11(2)5-4-6-12(3)7-9-14-10-8-13/h5,7,14H,4,6,8-10,13H2,1-3H3. The Kier molecular flexibility index (Phi) is 8.59. The highest BCUT2D eigenvalue weighted by Gasteiger charge is 1.88. The molecular weight excluding hydrogens is 172 g/mol. The fourth-order valence-corrected chi connectivity index (χ4v) is 1.14. The lowest BCUT2D eigenvalue weighted by Gasteiger charge is -2.01. The molecule has 0 aromatic rings. The SMILES string of the molecule is CC(C)=CCCC(C)=CCNCCN. The van der Waals surface area contributed by atoms with Gasteiger partial charge in [0.1, 0.15) is 0 Å². The summed E-state index contributed by atoms with van der Waals surface area (Å²) in [5, 5.41) is 3.25. The summed E-state index contributed by atoms with van der Waals surface area (Å²) in [6, 6.07) is 0. The fourth-order valence-electron chi connectivity index (χ4n) is 1.14. The Bertz CT molecular complexity index is 188. The first kappa shape index (κ1) is 13.4. The van der Waals surface area contributed by atoms with Crippen molar-refractivity contribution < 1.29 is 0 Å². The Labute approximate surface area is 88.3 Å². The van der Waals surface area contributed by atoms with E-state index < -0.39 is 0 Å². The van der Waals surface area contributed by atoms with Gasteiger partial charge in [0, 0.05) is 19.6 Å². The van der Waals surface area contributed by atoms with Crippen molar-refractivity contribution in [2.45, 2.75) is 33.6 Å².